The van der Waals surface area contributed by atoms with Crippen molar-refractivity contribution in [1.29, 1.82) is 0 Å². The van der Waals surface area contributed by atoms with E-state index in [0.29, 0.717) is 29.8 Å². The Morgan fingerprint density at radius 3 is 2.50 bits per heavy atom. The van der Waals surface area contributed by atoms with Crippen LogP contribution in [0.2, 0.25) is 10.0 Å². The van der Waals surface area contributed by atoms with Gasteiger partial charge in [-0.15, -0.1) is 0 Å². The molecule has 0 radical (unpaired) electrons. The third-order valence-corrected chi connectivity index (χ3v) is 5.36. The van der Waals surface area contributed by atoms with E-state index in [0.717, 1.165) is 31.9 Å². The highest BCUT2D eigenvalue weighted by atomic mass is 127. The molecular formula is C22H20Cl2INO2. The molecule has 0 unspecified atom stereocenters. The molecule has 3 nitrogen and oxygen atoms in total. The van der Waals surface area contributed by atoms with Gasteiger partial charge in [0.1, 0.15) is 6.61 Å². The van der Waals surface area contributed by atoms with Crippen LogP contribution in [0.4, 0.5) is 5.69 Å². The van der Waals surface area contributed by atoms with Crippen LogP contribution >= 0.6 is 45.8 Å². The predicted molar refractivity (Wildman–Crippen MR) is 125 cm³/mol. The number of anilines is 1. The fraction of sp³-hybridized carbons (Fsp3) is 0.182. The van der Waals surface area contributed by atoms with Gasteiger partial charge in [0.05, 0.1) is 20.9 Å². The standard InChI is InChI=1S/C22H20Cl2INO2/c1-2-27-21-12-16(13-26-20-9-4-3-8-18(20)24)11-19(25)22(21)28-14-15-6-5-7-17(23)10-15/h3-12,26H,2,13-14H2,1H3. The molecule has 3 aromatic carbocycles. The van der Waals surface area contributed by atoms with Gasteiger partial charge in [0.25, 0.3) is 0 Å². The average Bonchev–Trinajstić information content (AvgIpc) is 2.67. The van der Waals surface area contributed by atoms with E-state index in [9.17, 15) is 0 Å². The molecule has 0 saturated carbocycles. The maximum absolute atomic E-state index is 6.22. The van der Waals surface area contributed by atoms with Crippen LogP contribution in [0.3, 0.4) is 0 Å². The number of rotatable bonds is 8. The number of para-hydroxylation sites is 1. The van der Waals surface area contributed by atoms with Crippen LogP contribution in [-0.4, -0.2) is 6.61 Å². The van der Waals surface area contributed by atoms with Crippen LogP contribution < -0.4 is 14.8 Å². The first kappa shape index (κ1) is 21.1. The Morgan fingerprint density at radius 1 is 0.929 bits per heavy atom. The van der Waals surface area contributed by atoms with Crippen LogP contribution in [0.1, 0.15) is 18.1 Å². The fourth-order valence-corrected chi connectivity index (χ4v) is 3.95. The summed E-state index contributed by atoms with van der Waals surface area (Å²) in [5, 5.41) is 4.76. The predicted octanol–water partition coefficient (Wildman–Crippen LogP) is 7.19. The monoisotopic (exact) mass is 527 g/mol. The van der Waals surface area contributed by atoms with E-state index < -0.39 is 0 Å². The summed E-state index contributed by atoms with van der Waals surface area (Å²) in [6.45, 7) is 3.58. The van der Waals surface area contributed by atoms with Crippen molar-refractivity contribution < 1.29 is 9.47 Å². The Morgan fingerprint density at radius 2 is 1.75 bits per heavy atom. The van der Waals surface area contributed by atoms with Crippen molar-refractivity contribution in [1.82, 2.24) is 0 Å². The Kier molecular flexibility index (Phi) is 7.71. The molecule has 0 bridgehead atoms. The molecule has 1 N–H and O–H groups in total. The summed E-state index contributed by atoms with van der Waals surface area (Å²) in [6, 6.07) is 19.4. The summed E-state index contributed by atoms with van der Waals surface area (Å²) in [7, 11) is 0. The largest absolute Gasteiger partial charge is 0.490 e. The SMILES string of the molecule is CCOc1cc(CNc2ccccc2Cl)cc(I)c1OCc1cccc(Cl)c1. The topological polar surface area (TPSA) is 30.5 Å². The summed E-state index contributed by atoms with van der Waals surface area (Å²) in [5.41, 5.74) is 3.00. The minimum atomic E-state index is 0.424. The van der Waals surface area contributed by atoms with E-state index in [-0.39, 0.29) is 0 Å². The Labute approximate surface area is 189 Å². The number of benzene rings is 3. The highest BCUT2D eigenvalue weighted by Gasteiger charge is 2.13. The molecule has 0 saturated heterocycles. The molecule has 0 heterocycles. The van der Waals surface area contributed by atoms with E-state index in [2.05, 4.69) is 34.0 Å². The third-order valence-electron chi connectivity index (χ3n) is 4.00. The molecule has 6 heteroatoms. The third kappa shape index (κ3) is 5.69. The lowest BCUT2D eigenvalue weighted by atomic mass is 10.2. The van der Waals surface area contributed by atoms with E-state index in [1.807, 2.05) is 61.5 Å². The van der Waals surface area contributed by atoms with Crippen molar-refractivity contribution in [2.75, 3.05) is 11.9 Å². The Balaban J connectivity index is 1.76. The van der Waals surface area contributed by atoms with Gasteiger partial charge in [-0.25, -0.2) is 0 Å². The van der Waals surface area contributed by atoms with Gasteiger partial charge in [-0.1, -0.05) is 47.5 Å². The summed E-state index contributed by atoms with van der Waals surface area (Å²) >= 11 is 14.6. The first-order valence-corrected chi connectivity index (χ1v) is 10.7. The van der Waals surface area contributed by atoms with Gasteiger partial charge in [0, 0.05) is 11.6 Å². The van der Waals surface area contributed by atoms with E-state index in [1.54, 1.807) is 0 Å². The van der Waals surface area contributed by atoms with Gasteiger partial charge in [-0.3, -0.25) is 0 Å². The van der Waals surface area contributed by atoms with Gasteiger partial charge >= 0.3 is 0 Å². The number of hydrogen-bond acceptors (Lipinski definition) is 3. The van der Waals surface area contributed by atoms with Crippen molar-refractivity contribution in [3.8, 4) is 11.5 Å². The minimum absolute atomic E-state index is 0.424. The molecule has 0 atom stereocenters. The van der Waals surface area contributed by atoms with Crippen molar-refractivity contribution in [2.24, 2.45) is 0 Å². The molecule has 146 valence electrons. The summed E-state index contributed by atoms with van der Waals surface area (Å²) in [6.07, 6.45) is 0. The normalized spacial score (nSPS) is 10.6. The molecule has 3 aromatic rings. The molecule has 3 rings (SSSR count). The zero-order valence-electron chi connectivity index (χ0n) is 15.3. The highest BCUT2D eigenvalue weighted by Crippen LogP contribution is 2.35. The minimum Gasteiger partial charge on any atom is -0.490 e. The maximum atomic E-state index is 6.22. The smallest absolute Gasteiger partial charge is 0.174 e. The van der Waals surface area contributed by atoms with Crippen molar-refractivity contribution in [2.45, 2.75) is 20.1 Å². The second-order valence-electron chi connectivity index (χ2n) is 6.09. The highest BCUT2D eigenvalue weighted by molar-refractivity contribution is 14.1. The quantitative estimate of drug-likeness (QED) is 0.314. The molecule has 0 aromatic heterocycles. The number of halogens is 3. The van der Waals surface area contributed by atoms with Gasteiger partial charge in [0.15, 0.2) is 11.5 Å². The Bertz CT molecular complexity index is 950. The summed E-state index contributed by atoms with van der Waals surface area (Å²) in [4.78, 5) is 0. The van der Waals surface area contributed by atoms with Gasteiger partial charge in [0.2, 0.25) is 0 Å². The van der Waals surface area contributed by atoms with E-state index in [1.165, 1.54) is 0 Å². The van der Waals surface area contributed by atoms with Crippen molar-refractivity contribution >= 4 is 51.5 Å². The Hall–Kier alpha value is -1.63. The van der Waals surface area contributed by atoms with Gasteiger partial charge in [-0.05, 0) is 77.0 Å². The van der Waals surface area contributed by atoms with Gasteiger partial charge in [-0.2, -0.15) is 0 Å². The fourth-order valence-electron chi connectivity index (χ4n) is 2.71. The van der Waals surface area contributed by atoms with Crippen LogP contribution in [0.5, 0.6) is 11.5 Å². The van der Waals surface area contributed by atoms with E-state index >= 15 is 0 Å². The maximum Gasteiger partial charge on any atom is 0.174 e. The molecule has 0 amide bonds. The van der Waals surface area contributed by atoms with Crippen molar-refractivity contribution in [3.63, 3.8) is 0 Å². The number of ether oxygens (including phenoxy) is 2. The van der Waals surface area contributed by atoms with Crippen LogP contribution in [0.15, 0.2) is 60.7 Å². The van der Waals surface area contributed by atoms with E-state index in [4.69, 9.17) is 32.7 Å². The first-order chi connectivity index (χ1) is 13.6. The molecule has 28 heavy (non-hydrogen) atoms. The number of nitrogens with one attached hydrogen (secondary N) is 1. The first-order valence-electron chi connectivity index (χ1n) is 8.87. The molecule has 0 aliphatic carbocycles. The lowest BCUT2D eigenvalue weighted by Gasteiger charge is -2.16. The molecule has 0 spiro atoms. The molecule has 0 aliphatic rings. The second-order valence-corrected chi connectivity index (χ2v) is 8.10. The average molecular weight is 528 g/mol. The van der Waals surface area contributed by atoms with Crippen LogP contribution in [0.25, 0.3) is 0 Å². The molecule has 0 aliphatic heterocycles. The lowest BCUT2D eigenvalue weighted by Crippen LogP contribution is -2.05. The summed E-state index contributed by atoms with van der Waals surface area (Å²) < 4.78 is 12.9. The lowest BCUT2D eigenvalue weighted by molar-refractivity contribution is 0.267. The van der Waals surface area contributed by atoms with Gasteiger partial charge < -0.3 is 14.8 Å². The zero-order chi connectivity index (χ0) is 19.9. The molecule has 0 fully saturated rings. The molecular weight excluding hydrogens is 508 g/mol. The number of hydrogen-bond donors (Lipinski definition) is 1. The second kappa shape index (κ2) is 10.2. The van der Waals surface area contributed by atoms with Crippen LogP contribution in [-0.2, 0) is 13.2 Å². The zero-order valence-corrected chi connectivity index (χ0v) is 19.0. The summed E-state index contributed by atoms with van der Waals surface area (Å²) in [5.74, 6) is 1.47. The van der Waals surface area contributed by atoms with Crippen molar-refractivity contribution in [3.05, 3.63) is 85.4 Å². The van der Waals surface area contributed by atoms with Crippen LogP contribution in [0, 0.1) is 3.57 Å².